The van der Waals surface area contributed by atoms with E-state index in [9.17, 15) is 9.59 Å². The van der Waals surface area contributed by atoms with E-state index in [-0.39, 0.29) is 11.7 Å². The monoisotopic (exact) mass is 457 g/mol. The molecule has 0 aliphatic heterocycles. The van der Waals surface area contributed by atoms with E-state index in [2.05, 4.69) is 48.3 Å². The van der Waals surface area contributed by atoms with E-state index < -0.39 is 0 Å². The van der Waals surface area contributed by atoms with E-state index in [1.165, 1.54) is 0 Å². The summed E-state index contributed by atoms with van der Waals surface area (Å²) in [7, 11) is 1.75. The predicted octanol–water partition coefficient (Wildman–Crippen LogP) is 2.90. The highest BCUT2D eigenvalue weighted by atomic mass is 127. The van der Waals surface area contributed by atoms with Gasteiger partial charge >= 0.3 is 0 Å². The van der Waals surface area contributed by atoms with E-state index in [1.54, 1.807) is 24.2 Å². The Labute approximate surface area is 135 Å². The second kappa shape index (κ2) is 8.81. The zero-order chi connectivity index (χ0) is 14.3. The van der Waals surface area contributed by atoms with Crippen LogP contribution in [-0.2, 0) is 4.79 Å². The highest BCUT2D eigenvalue weighted by Gasteiger charge is 2.17. The van der Waals surface area contributed by atoms with Crippen LogP contribution in [0, 0.1) is 0 Å². The third-order valence-corrected chi connectivity index (χ3v) is 4.99. The number of nitrogens with zero attached hydrogens (tertiary/aromatic N) is 2. The molecule has 19 heavy (non-hydrogen) atoms. The van der Waals surface area contributed by atoms with Crippen LogP contribution in [0.25, 0.3) is 0 Å². The molecule has 1 heterocycles. The average molecular weight is 458 g/mol. The molecule has 5 nitrogen and oxygen atoms in total. The number of pyridine rings is 1. The number of halogens is 2. The number of hydrogen-bond donors (Lipinski definition) is 1. The fraction of sp³-hybridized carbons (Fsp3) is 0.364. The molecule has 0 fully saturated rings. The van der Waals surface area contributed by atoms with Gasteiger partial charge in [-0.2, -0.15) is 0 Å². The van der Waals surface area contributed by atoms with Crippen LogP contribution in [-0.4, -0.2) is 42.0 Å². The number of aromatic nitrogens is 1. The van der Waals surface area contributed by atoms with Crippen molar-refractivity contribution >= 4 is 62.3 Å². The summed E-state index contributed by atoms with van der Waals surface area (Å²) < 4.78 is 0.703. The first-order chi connectivity index (χ1) is 9.10. The molecule has 8 heteroatoms. The van der Waals surface area contributed by atoms with Gasteiger partial charge in [-0.3, -0.25) is 9.59 Å². The van der Waals surface area contributed by atoms with Gasteiger partial charge in [0.05, 0.1) is 5.56 Å². The van der Waals surface area contributed by atoms with Gasteiger partial charge in [-0.25, -0.2) is 4.98 Å². The lowest BCUT2D eigenvalue weighted by Gasteiger charge is -2.18. The lowest BCUT2D eigenvalue weighted by molar-refractivity contribution is -0.105. The molecule has 0 saturated carbocycles. The van der Waals surface area contributed by atoms with Crippen LogP contribution in [0.1, 0.15) is 16.8 Å². The largest absolute Gasteiger partial charge is 0.342 e. The Hall–Kier alpha value is -0.270. The smallest absolute Gasteiger partial charge is 0.257 e. The van der Waals surface area contributed by atoms with Crippen LogP contribution < -0.4 is 5.32 Å². The minimum atomic E-state index is -0.144. The Balaban J connectivity index is 2.84. The highest BCUT2D eigenvalue weighted by molar-refractivity contribution is 14.2. The number of anilines is 1. The van der Waals surface area contributed by atoms with Crippen molar-refractivity contribution in [1.29, 1.82) is 0 Å². The van der Waals surface area contributed by atoms with Gasteiger partial charge in [0.25, 0.3) is 5.91 Å². The van der Waals surface area contributed by atoms with Crippen molar-refractivity contribution in [2.45, 2.75) is 6.42 Å². The first kappa shape index (κ1) is 16.8. The van der Waals surface area contributed by atoms with Crippen molar-refractivity contribution in [2.75, 3.05) is 25.1 Å². The lowest BCUT2D eigenvalue weighted by atomic mass is 10.2. The number of amides is 2. The van der Waals surface area contributed by atoms with E-state index in [1.807, 2.05) is 0 Å². The zero-order valence-electron chi connectivity index (χ0n) is 10.3. The van der Waals surface area contributed by atoms with Gasteiger partial charge in [0.15, 0.2) is 0 Å². The normalized spacial score (nSPS) is 10.7. The number of hydrogen-bond acceptors (Lipinski definition) is 3. The van der Waals surface area contributed by atoms with Gasteiger partial charge in [-0.1, -0.05) is 28.3 Å². The summed E-state index contributed by atoms with van der Waals surface area (Å²) in [6.07, 6.45) is 5.01. The third kappa shape index (κ3) is 5.31. The number of carbonyl (C=O) groups is 2. The fourth-order valence-electron chi connectivity index (χ4n) is 1.46. The summed E-state index contributed by atoms with van der Waals surface area (Å²) in [6, 6.07) is 1.66. The molecule has 0 aliphatic rings. The van der Waals surface area contributed by atoms with E-state index in [0.29, 0.717) is 23.0 Å². The maximum Gasteiger partial charge on any atom is 0.257 e. The Morgan fingerprint density at radius 1 is 1.68 bits per heavy atom. The summed E-state index contributed by atoms with van der Waals surface area (Å²) in [4.78, 5) is 28.5. The van der Waals surface area contributed by atoms with Gasteiger partial charge in [0, 0.05) is 24.3 Å². The molecule has 2 amide bonds. The SMILES string of the molecule is CN(CCCPI)C(=O)c1cc(Br)cnc1NC=O. The molecule has 104 valence electrons. The molecule has 1 unspecified atom stereocenters. The highest BCUT2D eigenvalue weighted by Crippen LogP contribution is 2.22. The molecule has 1 rings (SSSR count). The van der Waals surface area contributed by atoms with E-state index >= 15 is 0 Å². The summed E-state index contributed by atoms with van der Waals surface area (Å²) in [5, 5.41) is 2.45. The average Bonchev–Trinajstić information content (AvgIpc) is 2.40. The molecule has 1 aromatic rings. The first-order valence-corrected chi connectivity index (χ1v) is 10.7. The molecule has 1 aromatic heterocycles. The van der Waals surface area contributed by atoms with Crippen LogP contribution in [0.2, 0.25) is 0 Å². The Bertz CT molecular complexity index is 462. The van der Waals surface area contributed by atoms with Crippen molar-refractivity contribution in [1.82, 2.24) is 9.88 Å². The summed E-state index contributed by atoms with van der Waals surface area (Å²) >= 11 is 5.62. The second-order valence-corrected chi connectivity index (χ2v) is 7.75. The van der Waals surface area contributed by atoms with Gasteiger partial charge in [0.1, 0.15) is 5.82 Å². The first-order valence-electron chi connectivity index (χ1n) is 5.54. The molecule has 1 atom stereocenters. The Morgan fingerprint density at radius 2 is 2.42 bits per heavy atom. The fourth-order valence-corrected chi connectivity index (χ4v) is 3.23. The Morgan fingerprint density at radius 3 is 3.05 bits per heavy atom. The van der Waals surface area contributed by atoms with E-state index in [0.717, 1.165) is 18.8 Å². The van der Waals surface area contributed by atoms with Crippen molar-refractivity contribution in [3.05, 3.63) is 22.3 Å². The molecule has 0 saturated heterocycles. The maximum absolute atomic E-state index is 12.3. The van der Waals surface area contributed by atoms with Crippen LogP contribution in [0.5, 0.6) is 0 Å². The molecule has 1 N–H and O–H groups in total. The van der Waals surface area contributed by atoms with Crippen LogP contribution in [0.15, 0.2) is 16.7 Å². The number of carbonyl (C=O) groups excluding carboxylic acids is 2. The molecular weight excluding hydrogens is 444 g/mol. The van der Waals surface area contributed by atoms with Crippen LogP contribution >= 0.6 is 44.2 Å². The molecule has 0 spiro atoms. The minimum absolute atomic E-state index is 0.144. The summed E-state index contributed by atoms with van der Waals surface area (Å²) in [5.41, 5.74) is 0.390. The molecule has 0 aromatic carbocycles. The zero-order valence-corrected chi connectivity index (χ0v) is 15.1. The Kier molecular flexibility index (Phi) is 7.78. The summed E-state index contributed by atoms with van der Waals surface area (Å²) in [6.45, 7) is 0.696. The third-order valence-electron chi connectivity index (χ3n) is 2.39. The van der Waals surface area contributed by atoms with E-state index in [4.69, 9.17) is 0 Å². The van der Waals surface area contributed by atoms with Crippen molar-refractivity contribution in [3.8, 4) is 0 Å². The molecule has 0 radical (unpaired) electrons. The van der Waals surface area contributed by atoms with Crippen LogP contribution in [0.3, 0.4) is 0 Å². The number of nitrogens with one attached hydrogen (secondary N) is 1. The van der Waals surface area contributed by atoms with Crippen molar-refractivity contribution in [2.24, 2.45) is 0 Å². The topological polar surface area (TPSA) is 62.3 Å². The quantitative estimate of drug-likeness (QED) is 0.296. The van der Waals surface area contributed by atoms with Crippen LogP contribution in [0.4, 0.5) is 5.82 Å². The van der Waals surface area contributed by atoms with Gasteiger partial charge in [0.2, 0.25) is 6.41 Å². The van der Waals surface area contributed by atoms with Crippen molar-refractivity contribution in [3.63, 3.8) is 0 Å². The van der Waals surface area contributed by atoms with Gasteiger partial charge in [-0.05, 0) is 34.6 Å². The number of rotatable bonds is 7. The lowest BCUT2D eigenvalue weighted by Crippen LogP contribution is -2.29. The second-order valence-electron chi connectivity index (χ2n) is 3.78. The standard InChI is InChI=1S/C11H14BrIN3O2P/c1-16(3-2-4-19-13)11(18)9-5-8(12)6-14-10(9)15-7-17/h5-7,19H,2-4H2,1H3,(H,14,15,17). The molecular formula is C11H14BrIN3O2P. The molecule has 0 bridgehead atoms. The van der Waals surface area contributed by atoms with Crippen molar-refractivity contribution < 1.29 is 9.59 Å². The summed E-state index contributed by atoms with van der Waals surface area (Å²) in [5.74, 6) is 0.140. The van der Waals surface area contributed by atoms with Gasteiger partial charge in [-0.15, -0.1) is 0 Å². The van der Waals surface area contributed by atoms with Gasteiger partial charge < -0.3 is 10.2 Å². The maximum atomic E-state index is 12.3. The molecule has 0 aliphatic carbocycles. The minimum Gasteiger partial charge on any atom is -0.342 e. The predicted molar refractivity (Wildman–Crippen MR) is 90.4 cm³/mol.